The first kappa shape index (κ1) is 16.1. The zero-order valence-corrected chi connectivity index (χ0v) is 13.8. The summed E-state index contributed by atoms with van der Waals surface area (Å²) in [7, 11) is 0. The van der Waals surface area contributed by atoms with E-state index >= 15 is 0 Å². The van der Waals surface area contributed by atoms with E-state index in [9.17, 15) is 4.79 Å². The Morgan fingerprint density at radius 3 is 2.67 bits per heavy atom. The molecule has 0 fully saturated rings. The lowest BCUT2D eigenvalue weighted by molar-refractivity contribution is 0.102. The Hall–Kier alpha value is -2.79. The van der Waals surface area contributed by atoms with Gasteiger partial charge in [0, 0.05) is 16.9 Å². The number of rotatable bonds is 5. The molecule has 1 aromatic heterocycles. The summed E-state index contributed by atoms with van der Waals surface area (Å²) in [6.07, 6.45) is 1.70. The third kappa shape index (κ3) is 3.94. The van der Waals surface area contributed by atoms with Gasteiger partial charge in [0.2, 0.25) is 0 Å². The van der Waals surface area contributed by atoms with Gasteiger partial charge in [-0.1, -0.05) is 29.8 Å². The van der Waals surface area contributed by atoms with Gasteiger partial charge >= 0.3 is 0 Å². The average Bonchev–Trinajstić information content (AvgIpc) is 3.06. The molecule has 24 heavy (non-hydrogen) atoms. The van der Waals surface area contributed by atoms with Crippen molar-refractivity contribution in [2.75, 3.05) is 5.32 Å². The largest absolute Gasteiger partial charge is 0.471 e. The summed E-state index contributed by atoms with van der Waals surface area (Å²) in [5.41, 5.74) is 2.10. The highest BCUT2D eigenvalue weighted by Gasteiger charge is 2.11. The minimum atomic E-state index is -0.255. The minimum Gasteiger partial charge on any atom is -0.471 e. The zero-order chi connectivity index (χ0) is 16.9. The number of amides is 1. The predicted octanol–water partition coefficient (Wildman–Crippen LogP) is 4.13. The number of hydrogen-bond acceptors (Lipinski definition) is 3. The van der Waals surface area contributed by atoms with Gasteiger partial charge < -0.3 is 10.1 Å². The smallest absolute Gasteiger partial charge is 0.276 e. The van der Waals surface area contributed by atoms with Gasteiger partial charge in [-0.25, -0.2) is 4.68 Å². The summed E-state index contributed by atoms with van der Waals surface area (Å²) in [6, 6.07) is 16.3. The van der Waals surface area contributed by atoms with Crippen LogP contribution < -0.4 is 10.1 Å². The molecule has 3 aromatic rings. The number of hydrogen-bond donors (Lipinski definition) is 1. The molecule has 1 amide bonds. The first-order valence-electron chi connectivity index (χ1n) is 7.40. The highest BCUT2D eigenvalue weighted by atomic mass is 35.5. The summed E-state index contributed by atoms with van der Waals surface area (Å²) >= 11 is 5.83. The monoisotopic (exact) mass is 341 g/mol. The van der Waals surface area contributed by atoms with Crippen molar-refractivity contribution in [2.45, 2.75) is 13.7 Å². The Morgan fingerprint density at radius 2 is 1.92 bits per heavy atom. The first-order chi connectivity index (χ1) is 11.6. The number of ether oxygens (including phenoxy) is 1. The van der Waals surface area contributed by atoms with Gasteiger partial charge in [0.1, 0.15) is 5.75 Å². The van der Waals surface area contributed by atoms with Gasteiger partial charge in [0.15, 0.2) is 12.4 Å². The quantitative estimate of drug-likeness (QED) is 0.759. The molecule has 5 nitrogen and oxygen atoms in total. The first-order valence-corrected chi connectivity index (χ1v) is 7.78. The Labute approximate surface area is 144 Å². The van der Waals surface area contributed by atoms with Gasteiger partial charge in [0.25, 0.3) is 5.91 Å². The summed E-state index contributed by atoms with van der Waals surface area (Å²) in [4.78, 5) is 12.2. The predicted molar refractivity (Wildman–Crippen MR) is 93.4 cm³/mol. The summed E-state index contributed by atoms with van der Waals surface area (Å²) in [5.74, 6) is 0.426. The van der Waals surface area contributed by atoms with Crippen molar-refractivity contribution in [1.82, 2.24) is 9.78 Å². The van der Waals surface area contributed by atoms with Crippen molar-refractivity contribution in [1.29, 1.82) is 0 Å². The third-order valence-corrected chi connectivity index (χ3v) is 3.70. The fourth-order valence-electron chi connectivity index (χ4n) is 2.13. The lowest BCUT2D eigenvalue weighted by atomic mass is 10.2. The van der Waals surface area contributed by atoms with E-state index in [1.54, 1.807) is 41.2 Å². The van der Waals surface area contributed by atoms with E-state index in [-0.39, 0.29) is 12.6 Å². The zero-order valence-electron chi connectivity index (χ0n) is 13.1. The Bertz CT molecular complexity index is 843. The fourth-order valence-corrected chi connectivity index (χ4v) is 2.25. The van der Waals surface area contributed by atoms with Crippen LogP contribution in [0.5, 0.6) is 5.75 Å². The van der Waals surface area contributed by atoms with Crippen molar-refractivity contribution in [3.05, 3.63) is 77.1 Å². The van der Waals surface area contributed by atoms with Gasteiger partial charge in [-0.15, -0.1) is 0 Å². The Kier molecular flexibility index (Phi) is 4.82. The number of carbonyl (C=O) groups excluding carboxylic acids is 1. The second-order valence-electron chi connectivity index (χ2n) is 5.24. The Morgan fingerprint density at radius 1 is 1.17 bits per heavy atom. The number of benzene rings is 2. The number of nitrogens with zero attached hydrogens (tertiary/aromatic N) is 2. The average molecular weight is 342 g/mol. The van der Waals surface area contributed by atoms with Crippen LogP contribution in [0, 0.1) is 6.92 Å². The number of nitrogens with one attached hydrogen (secondary N) is 1. The molecule has 0 saturated heterocycles. The van der Waals surface area contributed by atoms with Crippen molar-refractivity contribution < 1.29 is 9.53 Å². The maximum Gasteiger partial charge on any atom is 0.276 e. The van der Waals surface area contributed by atoms with E-state index in [1.807, 2.05) is 31.2 Å². The molecular weight excluding hydrogens is 326 g/mol. The summed E-state index contributed by atoms with van der Waals surface area (Å²) < 4.78 is 7.14. The molecule has 0 spiro atoms. The number of para-hydroxylation sites is 1. The summed E-state index contributed by atoms with van der Waals surface area (Å²) in [6.45, 7) is 2.15. The number of carbonyl (C=O) groups is 1. The number of anilines is 1. The van der Waals surface area contributed by atoms with Crippen molar-refractivity contribution >= 4 is 23.2 Å². The fraction of sp³-hybridized carbons (Fsp3) is 0.111. The molecule has 0 bridgehead atoms. The van der Waals surface area contributed by atoms with E-state index in [4.69, 9.17) is 16.3 Å². The van der Waals surface area contributed by atoms with Crippen LogP contribution in [0.15, 0.2) is 60.8 Å². The molecule has 1 heterocycles. The molecule has 6 heteroatoms. The molecule has 2 aromatic carbocycles. The number of aromatic nitrogens is 2. The van der Waals surface area contributed by atoms with Crippen LogP contribution in [0.25, 0.3) is 0 Å². The molecule has 0 aliphatic rings. The summed E-state index contributed by atoms with van der Waals surface area (Å²) in [5, 5.41) is 7.72. The topological polar surface area (TPSA) is 56.2 Å². The molecule has 0 atom stereocenters. The molecule has 0 aliphatic carbocycles. The van der Waals surface area contributed by atoms with Crippen molar-refractivity contribution in [3.8, 4) is 5.75 Å². The Balaban J connectivity index is 1.61. The highest BCUT2D eigenvalue weighted by Crippen LogP contribution is 2.16. The van der Waals surface area contributed by atoms with Gasteiger partial charge in [-0.2, -0.15) is 5.10 Å². The standard InChI is InChI=1S/C18H16ClN3O2/c1-13-4-2-3-5-16(13)20-18(23)17-10-11-22(21-17)12-24-15-8-6-14(19)7-9-15/h2-11H,12H2,1H3,(H,20,23). The second kappa shape index (κ2) is 7.19. The molecule has 1 N–H and O–H groups in total. The van der Waals surface area contributed by atoms with Gasteiger partial charge in [0.05, 0.1) is 0 Å². The SMILES string of the molecule is Cc1ccccc1NC(=O)c1ccn(COc2ccc(Cl)cc2)n1. The van der Waals surface area contributed by atoms with E-state index in [2.05, 4.69) is 10.4 Å². The third-order valence-electron chi connectivity index (χ3n) is 3.44. The normalized spacial score (nSPS) is 10.4. The van der Waals surface area contributed by atoms with Crippen LogP contribution in [0.1, 0.15) is 16.1 Å². The van der Waals surface area contributed by atoms with Crippen LogP contribution in [-0.4, -0.2) is 15.7 Å². The molecular formula is C18H16ClN3O2. The van der Waals surface area contributed by atoms with E-state index in [0.717, 1.165) is 11.3 Å². The minimum absolute atomic E-state index is 0.208. The number of halogens is 1. The molecule has 0 aliphatic heterocycles. The lowest BCUT2D eigenvalue weighted by Crippen LogP contribution is -2.14. The van der Waals surface area contributed by atoms with Crippen LogP contribution in [0.3, 0.4) is 0 Å². The van der Waals surface area contributed by atoms with Gasteiger partial charge in [-0.05, 0) is 48.9 Å². The maximum absolute atomic E-state index is 12.2. The molecule has 0 radical (unpaired) electrons. The molecule has 3 rings (SSSR count). The maximum atomic E-state index is 12.2. The van der Waals surface area contributed by atoms with Crippen LogP contribution >= 0.6 is 11.6 Å². The van der Waals surface area contributed by atoms with Crippen LogP contribution in [0.4, 0.5) is 5.69 Å². The van der Waals surface area contributed by atoms with E-state index < -0.39 is 0 Å². The highest BCUT2D eigenvalue weighted by molar-refractivity contribution is 6.30. The van der Waals surface area contributed by atoms with Gasteiger partial charge in [-0.3, -0.25) is 4.79 Å². The van der Waals surface area contributed by atoms with Crippen LogP contribution in [0.2, 0.25) is 5.02 Å². The number of aryl methyl sites for hydroxylation is 1. The van der Waals surface area contributed by atoms with Crippen molar-refractivity contribution in [2.24, 2.45) is 0 Å². The van der Waals surface area contributed by atoms with Crippen molar-refractivity contribution in [3.63, 3.8) is 0 Å². The molecule has 0 saturated carbocycles. The van der Waals surface area contributed by atoms with Crippen LogP contribution in [-0.2, 0) is 6.73 Å². The molecule has 122 valence electrons. The lowest BCUT2D eigenvalue weighted by Gasteiger charge is -2.07. The molecule has 0 unspecified atom stereocenters. The van der Waals surface area contributed by atoms with E-state index in [1.165, 1.54) is 0 Å². The van der Waals surface area contributed by atoms with E-state index in [0.29, 0.717) is 16.5 Å². The second-order valence-corrected chi connectivity index (χ2v) is 5.67.